The number of nitrogens with one attached hydrogen (secondary N) is 1. The summed E-state index contributed by atoms with van der Waals surface area (Å²) < 4.78 is 0. The Morgan fingerprint density at radius 1 is 1.04 bits per heavy atom. The Hall–Kier alpha value is -3.35. The Balaban J connectivity index is 1.69. The Morgan fingerprint density at radius 3 is 2.42 bits per heavy atom. The van der Waals surface area contributed by atoms with Gasteiger partial charge in [0.05, 0.1) is 0 Å². The van der Waals surface area contributed by atoms with E-state index in [1.165, 1.54) is 11.7 Å². The van der Waals surface area contributed by atoms with Crippen LogP contribution >= 0.6 is 0 Å². The predicted molar refractivity (Wildman–Crippen MR) is 88.3 cm³/mol. The molecule has 1 heterocycles. The Bertz CT molecular complexity index is 856. The van der Waals surface area contributed by atoms with E-state index in [1.807, 2.05) is 30.3 Å². The van der Waals surface area contributed by atoms with Crippen LogP contribution in [0.5, 0.6) is 0 Å². The van der Waals surface area contributed by atoms with Gasteiger partial charge in [0.25, 0.3) is 0 Å². The van der Waals surface area contributed by atoms with Crippen molar-refractivity contribution in [3.63, 3.8) is 0 Å². The monoisotopic (exact) mass is 321 g/mol. The normalized spacial score (nSPS) is 10.4. The first-order valence-electron chi connectivity index (χ1n) is 7.36. The molecule has 2 aromatic carbocycles. The zero-order valence-electron chi connectivity index (χ0n) is 13.0. The van der Waals surface area contributed by atoms with Gasteiger partial charge in [0.15, 0.2) is 5.78 Å². The highest BCUT2D eigenvalue weighted by Gasteiger charge is 2.11. The number of rotatable bonds is 5. The highest BCUT2D eigenvalue weighted by molar-refractivity contribution is 5.96. The largest absolute Gasteiger partial charge is 0.326 e. The molecule has 0 saturated heterocycles. The van der Waals surface area contributed by atoms with Crippen molar-refractivity contribution in [3.05, 3.63) is 60.2 Å². The minimum atomic E-state index is -0.158. The van der Waals surface area contributed by atoms with E-state index < -0.39 is 0 Å². The minimum absolute atomic E-state index is 0.000677. The Morgan fingerprint density at radius 2 is 1.75 bits per heavy atom. The molecule has 24 heavy (non-hydrogen) atoms. The van der Waals surface area contributed by atoms with Crippen molar-refractivity contribution in [3.8, 4) is 11.4 Å². The third-order valence-electron chi connectivity index (χ3n) is 3.30. The fourth-order valence-electron chi connectivity index (χ4n) is 2.18. The molecule has 0 spiro atoms. The molecule has 1 amide bonds. The summed E-state index contributed by atoms with van der Waals surface area (Å²) in [6.07, 6.45) is 0. The third-order valence-corrected chi connectivity index (χ3v) is 3.30. The summed E-state index contributed by atoms with van der Waals surface area (Å²) in [5, 5.41) is 14.7. The SMILES string of the molecule is CC(=O)Nc1ccc(C(=O)Cn2nnc(-c3ccccc3)n2)cc1. The lowest BCUT2D eigenvalue weighted by Gasteiger charge is -2.03. The average molecular weight is 321 g/mol. The number of ketones is 1. The maximum Gasteiger partial charge on any atom is 0.221 e. The first-order chi connectivity index (χ1) is 11.6. The van der Waals surface area contributed by atoms with E-state index in [9.17, 15) is 9.59 Å². The number of aromatic nitrogens is 4. The van der Waals surface area contributed by atoms with Gasteiger partial charge >= 0.3 is 0 Å². The van der Waals surface area contributed by atoms with Crippen LogP contribution in [-0.2, 0) is 11.3 Å². The second-order valence-electron chi connectivity index (χ2n) is 5.19. The number of carbonyl (C=O) groups is 2. The van der Waals surface area contributed by atoms with E-state index in [2.05, 4.69) is 20.7 Å². The maximum atomic E-state index is 12.3. The molecule has 1 aromatic heterocycles. The zero-order chi connectivity index (χ0) is 16.9. The minimum Gasteiger partial charge on any atom is -0.326 e. The smallest absolute Gasteiger partial charge is 0.221 e. The van der Waals surface area contributed by atoms with Crippen molar-refractivity contribution < 1.29 is 9.59 Å². The molecule has 0 aliphatic carbocycles. The molecule has 120 valence electrons. The molecular weight excluding hydrogens is 306 g/mol. The summed E-state index contributed by atoms with van der Waals surface area (Å²) >= 11 is 0. The molecule has 3 rings (SSSR count). The molecule has 0 atom stereocenters. The molecule has 0 bridgehead atoms. The maximum absolute atomic E-state index is 12.3. The van der Waals surface area contributed by atoms with Crippen molar-refractivity contribution in [2.45, 2.75) is 13.5 Å². The van der Waals surface area contributed by atoms with Crippen LogP contribution < -0.4 is 5.32 Å². The van der Waals surface area contributed by atoms with Crippen LogP contribution in [0.2, 0.25) is 0 Å². The quantitative estimate of drug-likeness (QED) is 0.727. The first kappa shape index (κ1) is 15.5. The van der Waals surface area contributed by atoms with Crippen molar-refractivity contribution in [1.29, 1.82) is 0 Å². The number of hydrogen-bond donors (Lipinski definition) is 1. The highest BCUT2D eigenvalue weighted by atomic mass is 16.1. The van der Waals surface area contributed by atoms with Crippen molar-refractivity contribution in [2.75, 3.05) is 5.32 Å². The number of nitrogens with zero attached hydrogens (tertiary/aromatic N) is 4. The topological polar surface area (TPSA) is 89.8 Å². The van der Waals surface area contributed by atoms with Crippen molar-refractivity contribution >= 4 is 17.4 Å². The molecule has 3 aromatic rings. The van der Waals surface area contributed by atoms with E-state index in [1.54, 1.807) is 24.3 Å². The zero-order valence-corrected chi connectivity index (χ0v) is 13.0. The summed E-state index contributed by atoms with van der Waals surface area (Å²) in [7, 11) is 0. The second-order valence-corrected chi connectivity index (χ2v) is 5.19. The van der Waals surface area contributed by atoms with Gasteiger partial charge in [-0.3, -0.25) is 9.59 Å². The van der Waals surface area contributed by atoms with Gasteiger partial charge in [0.2, 0.25) is 11.7 Å². The van der Waals surface area contributed by atoms with E-state index >= 15 is 0 Å². The summed E-state index contributed by atoms with van der Waals surface area (Å²) in [5.41, 5.74) is 2.00. The molecule has 0 radical (unpaired) electrons. The van der Waals surface area contributed by atoms with Crippen LogP contribution in [0.3, 0.4) is 0 Å². The summed E-state index contributed by atoms with van der Waals surface area (Å²) in [6.45, 7) is 1.43. The van der Waals surface area contributed by atoms with Crippen LogP contribution in [0, 0.1) is 0 Å². The van der Waals surface area contributed by atoms with Gasteiger partial charge in [-0.1, -0.05) is 30.3 Å². The molecular formula is C17H15N5O2. The van der Waals surface area contributed by atoms with Gasteiger partial charge in [-0.25, -0.2) is 0 Å². The number of anilines is 1. The van der Waals surface area contributed by atoms with Gasteiger partial charge in [-0.2, -0.15) is 4.80 Å². The summed E-state index contributed by atoms with van der Waals surface area (Å²) in [6, 6.07) is 16.1. The van der Waals surface area contributed by atoms with E-state index in [-0.39, 0.29) is 18.2 Å². The lowest BCUT2D eigenvalue weighted by Crippen LogP contribution is -2.13. The van der Waals surface area contributed by atoms with Crippen molar-refractivity contribution in [1.82, 2.24) is 20.2 Å². The third kappa shape index (κ3) is 3.70. The number of carbonyl (C=O) groups excluding carboxylic acids is 2. The first-order valence-corrected chi connectivity index (χ1v) is 7.36. The Kier molecular flexibility index (Phi) is 4.42. The number of Topliss-reactive ketones (excluding diaryl/α,β-unsaturated/α-hetero) is 1. The number of tetrazole rings is 1. The molecule has 0 aliphatic rings. The van der Waals surface area contributed by atoms with Crippen LogP contribution in [0.4, 0.5) is 5.69 Å². The van der Waals surface area contributed by atoms with Gasteiger partial charge in [0, 0.05) is 23.7 Å². The number of hydrogen-bond acceptors (Lipinski definition) is 5. The van der Waals surface area contributed by atoms with E-state index in [0.29, 0.717) is 17.1 Å². The Labute approximate surface area is 138 Å². The molecule has 7 heteroatoms. The van der Waals surface area contributed by atoms with Crippen LogP contribution in [0.25, 0.3) is 11.4 Å². The van der Waals surface area contributed by atoms with Gasteiger partial charge in [-0.05, 0) is 29.5 Å². The standard InChI is InChI=1S/C17H15N5O2/c1-12(23)18-15-9-7-13(8-10-15)16(24)11-22-20-17(19-21-22)14-5-3-2-4-6-14/h2-10H,11H2,1H3,(H,18,23). The molecule has 0 saturated carbocycles. The van der Waals surface area contributed by atoms with E-state index in [0.717, 1.165) is 5.56 Å². The highest BCUT2D eigenvalue weighted by Crippen LogP contribution is 2.13. The van der Waals surface area contributed by atoms with Gasteiger partial charge in [-0.15, -0.1) is 10.2 Å². The summed E-state index contributed by atoms with van der Waals surface area (Å²) in [5.74, 6) is 0.181. The average Bonchev–Trinajstić information content (AvgIpc) is 3.04. The van der Waals surface area contributed by atoms with Crippen LogP contribution in [-0.4, -0.2) is 31.9 Å². The molecule has 0 unspecified atom stereocenters. The van der Waals surface area contributed by atoms with E-state index in [4.69, 9.17) is 0 Å². The van der Waals surface area contributed by atoms with Crippen molar-refractivity contribution in [2.24, 2.45) is 0 Å². The molecule has 0 aliphatic heterocycles. The predicted octanol–water partition coefficient (Wildman–Crippen LogP) is 2.18. The molecule has 0 fully saturated rings. The second kappa shape index (κ2) is 6.82. The number of amides is 1. The van der Waals surface area contributed by atoms with Gasteiger partial charge < -0.3 is 5.32 Å². The molecule has 1 N–H and O–H groups in total. The lowest BCUT2D eigenvalue weighted by atomic mass is 10.1. The lowest BCUT2D eigenvalue weighted by molar-refractivity contribution is -0.114. The fraction of sp³-hybridized carbons (Fsp3) is 0.118. The number of benzene rings is 2. The fourth-order valence-corrected chi connectivity index (χ4v) is 2.18. The summed E-state index contributed by atoms with van der Waals surface area (Å²) in [4.78, 5) is 24.5. The van der Waals surface area contributed by atoms with Crippen LogP contribution in [0.15, 0.2) is 54.6 Å². The molecule has 7 nitrogen and oxygen atoms in total. The van der Waals surface area contributed by atoms with Gasteiger partial charge in [0.1, 0.15) is 6.54 Å². The van der Waals surface area contributed by atoms with Crippen LogP contribution in [0.1, 0.15) is 17.3 Å².